The van der Waals surface area contributed by atoms with Crippen LogP contribution in [0.4, 0.5) is 0 Å². The second-order valence-corrected chi connectivity index (χ2v) is 3.10. The molecule has 0 aliphatic carbocycles. The van der Waals surface area contributed by atoms with Crippen LogP contribution in [0.5, 0.6) is 0 Å². The van der Waals surface area contributed by atoms with E-state index in [2.05, 4.69) is 22.3 Å². The monoisotopic (exact) mass is 207 g/mol. The van der Waals surface area contributed by atoms with E-state index >= 15 is 0 Å². The number of aromatic nitrogens is 2. The van der Waals surface area contributed by atoms with Crippen LogP contribution in [0.25, 0.3) is 0 Å². The Bertz CT molecular complexity index is 335. The van der Waals surface area contributed by atoms with Gasteiger partial charge in [0.25, 0.3) is 0 Å². The molecule has 82 valence electrons. The molecule has 0 spiro atoms. The van der Waals surface area contributed by atoms with E-state index in [0.29, 0.717) is 6.54 Å². The Morgan fingerprint density at radius 1 is 1.60 bits per heavy atom. The summed E-state index contributed by atoms with van der Waals surface area (Å²) in [6.45, 7) is 4.83. The molecule has 0 bridgehead atoms. The Balaban J connectivity index is 2.28. The molecule has 1 heterocycles. The van der Waals surface area contributed by atoms with E-state index in [1.54, 1.807) is 7.11 Å². The van der Waals surface area contributed by atoms with E-state index in [1.165, 1.54) is 0 Å². The van der Waals surface area contributed by atoms with E-state index in [4.69, 9.17) is 4.74 Å². The third-order valence-corrected chi connectivity index (χ3v) is 1.90. The quantitative estimate of drug-likeness (QED) is 0.549. The summed E-state index contributed by atoms with van der Waals surface area (Å²) >= 11 is 0. The minimum absolute atomic E-state index is 0.661. The average Bonchev–Trinajstić information content (AvgIpc) is 2.69. The van der Waals surface area contributed by atoms with Gasteiger partial charge < -0.3 is 10.1 Å². The molecule has 4 nitrogen and oxygen atoms in total. The lowest BCUT2D eigenvalue weighted by atomic mass is 10.4. The first kappa shape index (κ1) is 11.8. The number of rotatable bonds is 6. The molecule has 1 aromatic rings. The fraction of sp³-hybridized carbons (Fsp3) is 0.545. The van der Waals surface area contributed by atoms with Crippen LogP contribution < -0.4 is 5.32 Å². The highest BCUT2D eigenvalue weighted by molar-refractivity contribution is 5.01. The van der Waals surface area contributed by atoms with Crippen molar-refractivity contribution in [2.24, 2.45) is 0 Å². The zero-order chi connectivity index (χ0) is 10.9. The predicted molar refractivity (Wildman–Crippen MR) is 59.3 cm³/mol. The molecule has 1 aromatic heterocycles. The molecule has 0 atom stereocenters. The van der Waals surface area contributed by atoms with Crippen molar-refractivity contribution in [1.29, 1.82) is 0 Å². The lowest BCUT2D eigenvalue weighted by Crippen LogP contribution is -2.18. The van der Waals surface area contributed by atoms with Crippen molar-refractivity contribution in [3.63, 3.8) is 0 Å². The van der Waals surface area contributed by atoms with Gasteiger partial charge in [-0.3, -0.25) is 4.68 Å². The van der Waals surface area contributed by atoms with Gasteiger partial charge >= 0.3 is 0 Å². The highest BCUT2D eigenvalue weighted by Gasteiger charge is 1.96. The van der Waals surface area contributed by atoms with E-state index in [9.17, 15) is 0 Å². The summed E-state index contributed by atoms with van der Waals surface area (Å²) in [5.41, 5.74) is 1.03. The summed E-state index contributed by atoms with van der Waals surface area (Å²) in [4.78, 5) is 0. The van der Waals surface area contributed by atoms with Crippen LogP contribution in [-0.2, 0) is 17.8 Å². The average molecular weight is 207 g/mol. The topological polar surface area (TPSA) is 39.1 Å². The summed E-state index contributed by atoms with van der Waals surface area (Å²) in [5, 5.41) is 7.59. The Hall–Kier alpha value is -1.31. The number of hydrogen-bond donors (Lipinski definition) is 1. The van der Waals surface area contributed by atoms with Crippen LogP contribution >= 0.6 is 0 Å². The molecule has 0 aromatic carbocycles. The molecule has 0 unspecified atom stereocenters. The smallest absolute Gasteiger partial charge is 0.102 e. The molecule has 1 rings (SSSR count). The molecule has 0 radical (unpaired) electrons. The molecular formula is C11H17N3O. The largest absolute Gasteiger partial charge is 0.383 e. The lowest BCUT2D eigenvalue weighted by Gasteiger charge is -2.00. The minimum Gasteiger partial charge on any atom is -0.383 e. The first-order valence-electron chi connectivity index (χ1n) is 4.98. The zero-order valence-electron chi connectivity index (χ0n) is 9.29. The van der Waals surface area contributed by atoms with Crippen molar-refractivity contribution in [3.8, 4) is 11.8 Å². The third-order valence-electron chi connectivity index (χ3n) is 1.90. The van der Waals surface area contributed by atoms with Gasteiger partial charge in [0.2, 0.25) is 0 Å². The summed E-state index contributed by atoms with van der Waals surface area (Å²) < 4.78 is 6.77. The van der Waals surface area contributed by atoms with Gasteiger partial charge in [0, 0.05) is 26.4 Å². The van der Waals surface area contributed by atoms with Gasteiger partial charge in [-0.05, 0) is 13.0 Å². The summed E-state index contributed by atoms with van der Waals surface area (Å²) in [5.74, 6) is 5.81. The molecule has 1 N–H and O–H groups in total. The molecule has 0 saturated heterocycles. The maximum atomic E-state index is 4.93. The van der Waals surface area contributed by atoms with Crippen molar-refractivity contribution in [2.45, 2.75) is 20.0 Å². The van der Waals surface area contributed by atoms with Crippen LogP contribution in [0.2, 0.25) is 0 Å². The van der Waals surface area contributed by atoms with Crippen molar-refractivity contribution >= 4 is 0 Å². The van der Waals surface area contributed by atoms with Crippen LogP contribution in [-0.4, -0.2) is 30.0 Å². The van der Waals surface area contributed by atoms with E-state index in [1.807, 2.05) is 23.9 Å². The zero-order valence-corrected chi connectivity index (χ0v) is 9.29. The van der Waals surface area contributed by atoms with Crippen molar-refractivity contribution in [3.05, 3.63) is 18.0 Å². The maximum Gasteiger partial charge on any atom is 0.102 e. The standard InChI is InChI=1S/C11H17N3O/c1-3-4-7-14-8-5-11(13-14)10-12-6-9-15-2/h5,8,12H,6-7,9-10H2,1-2H3. The number of hydrogen-bond acceptors (Lipinski definition) is 3. The van der Waals surface area contributed by atoms with Crippen molar-refractivity contribution in [1.82, 2.24) is 15.1 Å². The summed E-state index contributed by atoms with van der Waals surface area (Å²) in [6.07, 6.45) is 1.94. The van der Waals surface area contributed by atoms with Gasteiger partial charge in [0.15, 0.2) is 0 Å². The number of methoxy groups -OCH3 is 1. The van der Waals surface area contributed by atoms with Gasteiger partial charge in [0.1, 0.15) is 6.54 Å². The highest BCUT2D eigenvalue weighted by atomic mass is 16.5. The van der Waals surface area contributed by atoms with Gasteiger partial charge in [-0.15, -0.1) is 5.92 Å². The Morgan fingerprint density at radius 2 is 2.47 bits per heavy atom. The summed E-state index contributed by atoms with van der Waals surface area (Å²) in [7, 11) is 1.69. The Labute approximate surface area is 90.6 Å². The maximum absolute atomic E-state index is 4.93. The normalized spacial score (nSPS) is 9.73. The second-order valence-electron chi connectivity index (χ2n) is 3.10. The molecule has 0 aliphatic rings. The van der Waals surface area contributed by atoms with Gasteiger partial charge in [-0.1, -0.05) is 5.92 Å². The van der Waals surface area contributed by atoms with Gasteiger partial charge in [-0.25, -0.2) is 0 Å². The van der Waals surface area contributed by atoms with Gasteiger partial charge in [0.05, 0.1) is 12.3 Å². The number of ether oxygens (including phenoxy) is 1. The molecule has 0 fully saturated rings. The molecule has 0 aliphatic heterocycles. The fourth-order valence-electron chi connectivity index (χ4n) is 1.14. The van der Waals surface area contributed by atoms with Crippen molar-refractivity contribution in [2.75, 3.05) is 20.3 Å². The predicted octanol–water partition coefficient (Wildman–Crippen LogP) is 0.642. The first-order valence-corrected chi connectivity index (χ1v) is 4.98. The van der Waals surface area contributed by atoms with Crippen LogP contribution in [0.3, 0.4) is 0 Å². The Morgan fingerprint density at radius 3 is 3.20 bits per heavy atom. The van der Waals surface area contributed by atoms with E-state index in [-0.39, 0.29) is 0 Å². The van der Waals surface area contributed by atoms with E-state index in [0.717, 1.165) is 25.4 Å². The van der Waals surface area contributed by atoms with Crippen LogP contribution in [0.15, 0.2) is 12.3 Å². The number of nitrogens with one attached hydrogen (secondary N) is 1. The number of nitrogens with zero attached hydrogens (tertiary/aromatic N) is 2. The Kier molecular flexibility index (Phi) is 5.52. The van der Waals surface area contributed by atoms with Crippen LogP contribution in [0.1, 0.15) is 12.6 Å². The lowest BCUT2D eigenvalue weighted by molar-refractivity contribution is 0.199. The molecule has 15 heavy (non-hydrogen) atoms. The summed E-state index contributed by atoms with van der Waals surface area (Å²) in [6, 6.07) is 2.00. The van der Waals surface area contributed by atoms with Gasteiger partial charge in [-0.2, -0.15) is 5.10 Å². The van der Waals surface area contributed by atoms with Crippen LogP contribution in [0, 0.1) is 11.8 Å². The minimum atomic E-state index is 0.661. The van der Waals surface area contributed by atoms with Crippen molar-refractivity contribution < 1.29 is 4.74 Å². The fourth-order valence-corrected chi connectivity index (χ4v) is 1.14. The van der Waals surface area contributed by atoms with E-state index < -0.39 is 0 Å². The SMILES string of the molecule is CC#CCn1ccc(CNCCOC)n1. The third kappa shape index (κ3) is 4.63. The second kappa shape index (κ2) is 7.04. The highest BCUT2D eigenvalue weighted by Crippen LogP contribution is 1.94. The first-order chi connectivity index (χ1) is 7.36. The molecule has 4 heteroatoms. The molecular weight excluding hydrogens is 190 g/mol. The molecule has 0 amide bonds. The molecule has 0 saturated carbocycles.